The third-order valence-electron chi connectivity index (χ3n) is 5.99. The predicted molar refractivity (Wildman–Crippen MR) is 113 cm³/mol. The highest BCUT2D eigenvalue weighted by Gasteiger charge is 2.41. The van der Waals surface area contributed by atoms with E-state index in [-0.39, 0.29) is 17.9 Å². The third kappa shape index (κ3) is 4.48. The predicted octanol–water partition coefficient (Wildman–Crippen LogP) is 0.195. The number of aromatic nitrogens is 2. The quantitative estimate of drug-likeness (QED) is 0.487. The second kappa shape index (κ2) is 9.55. The van der Waals surface area contributed by atoms with E-state index in [0.29, 0.717) is 19.4 Å². The average Bonchev–Trinajstić information content (AvgIpc) is 3.34. The van der Waals surface area contributed by atoms with Crippen LogP contribution in [0.4, 0.5) is 0 Å². The summed E-state index contributed by atoms with van der Waals surface area (Å²) < 4.78 is 5.37. The lowest BCUT2D eigenvalue weighted by Gasteiger charge is -2.32. The fraction of sp³-hybridized carbons (Fsp3) is 0.571. The zero-order valence-electron chi connectivity index (χ0n) is 17.9. The highest BCUT2D eigenvalue weighted by atomic mass is 16.5. The number of pyridine rings is 1. The molecule has 9 nitrogen and oxygen atoms in total. The Morgan fingerprint density at radius 1 is 1.43 bits per heavy atom. The number of nitrogens with zero attached hydrogens (tertiary/aromatic N) is 2. The molecular weight excluding hydrogens is 386 g/mol. The Bertz CT molecular complexity index is 885. The Balaban J connectivity index is 1.81. The molecule has 30 heavy (non-hydrogen) atoms. The van der Waals surface area contributed by atoms with Crippen molar-refractivity contribution in [3.63, 3.8) is 0 Å². The van der Waals surface area contributed by atoms with Crippen LogP contribution in [0.25, 0.3) is 11.0 Å². The number of fused-ring (bicyclic) bond motifs is 1. The Morgan fingerprint density at radius 3 is 2.90 bits per heavy atom. The number of methoxy groups -OCH3 is 1. The van der Waals surface area contributed by atoms with Crippen LogP contribution in [-0.4, -0.2) is 82.8 Å². The van der Waals surface area contributed by atoms with Crippen LogP contribution in [0.2, 0.25) is 0 Å². The summed E-state index contributed by atoms with van der Waals surface area (Å²) >= 11 is 0. The molecule has 4 N–H and O–H groups in total. The number of carbonyl (C=O) groups is 2. The lowest BCUT2D eigenvalue weighted by atomic mass is 10.0. The minimum Gasteiger partial charge on any atom is -0.391 e. The van der Waals surface area contributed by atoms with Crippen molar-refractivity contribution in [2.75, 3.05) is 20.7 Å². The number of aliphatic hydroxyl groups is 1. The number of H-pyrrole nitrogens is 1. The Kier molecular flexibility index (Phi) is 7.06. The molecule has 3 rings (SSSR count). The van der Waals surface area contributed by atoms with E-state index in [1.807, 2.05) is 18.3 Å². The van der Waals surface area contributed by atoms with E-state index in [4.69, 9.17) is 4.74 Å². The minimum atomic E-state index is -0.837. The van der Waals surface area contributed by atoms with Gasteiger partial charge in [0.1, 0.15) is 11.7 Å². The second-order valence-corrected chi connectivity index (χ2v) is 7.81. The molecule has 2 amide bonds. The number of nitrogens with one attached hydrogen (secondary N) is 3. The van der Waals surface area contributed by atoms with Gasteiger partial charge in [-0.3, -0.25) is 9.59 Å². The molecule has 2 aromatic rings. The number of rotatable bonds is 8. The standard InChI is InChI=1S/C21H31N5O4/c1-12(22-3)20(28)25-18(13(2)30-4)21(29)26-9-7-17(27)16(26)10-14-11-24-19-15(14)6-5-8-23-19/h5-6,8,11-13,16-18,22,27H,7,9-10H2,1-4H3,(H,23,24)(H,25,28)/t12-,13?,16-,17?,18-/m0/s1. The summed E-state index contributed by atoms with van der Waals surface area (Å²) in [6.07, 6.45) is 3.42. The van der Waals surface area contributed by atoms with Gasteiger partial charge in [-0.15, -0.1) is 0 Å². The number of hydrogen-bond donors (Lipinski definition) is 4. The summed E-state index contributed by atoms with van der Waals surface area (Å²) in [6.45, 7) is 3.90. The Hall–Kier alpha value is -2.49. The minimum absolute atomic E-state index is 0.250. The number of hydrogen-bond acceptors (Lipinski definition) is 6. The van der Waals surface area contributed by atoms with Crippen molar-refractivity contribution in [3.05, 3.63) is 30.1 Å². The molecule has 1 fully saturated rings. The van der Waals surface area contributed by atoms with Gasteiger partial charge in [-0.05, 0) is 51.4 Å². The maximum Gasteiger partial charge on any atom is 0.248 e. The van der Waals surface area contributed by atoms with Gasteiger partial charge in [0, 0.05) is 31.4 Å². The summed E-state index contributed by atoms with van der Waals surface area (Å²) in [5.41, 5.74) is 1.77. The van der Waals surface area contributed by atoms with Gasteiger partial charge in [0.05, 0.1) is 24.3 Å². The molecule has 0 aromatic carbocycles. The number of likely N-dealkylation sites (tertiary alicyclic amines) is 1. The van der Waals surface area contributed by atoms with Crippen LogP contribution < -0.4 is 10.6 Å². The molecular formula is C21H31N5O4. The van der Waals surface area contributed by atoms with Gasteiger partial charge in [0.25, 0.3) is 0 Å². The highest BCUT2D eigenvalue weighted by Crippen LogP contribution is 2.26. The average molecular weight is 418 g/mol. The fourth-order valence-electron chi connectivity index (χ4n) is 3.87. The van der Waals surface area contributed by atoms with Gasteiger partial charge in [-0.2, -0.15) is 0 Å². The van der Waals surface area contributed by atoms with Crippen LogP contribution in [0.1, 0.15) is 25.8 Å². The number of ether oxygens (including phenoxy) is 1. The Morgan fingerprint density at radius 2 is 2.20 bits per heavy atom. The normalized spacial score (nSPS) is 22.1. The van der Waals surface area contributed by atoms with Crippen LogP contribution in [-0.2, 0) is 20.7 Å². The van der Waals surface area contributed by atoms with Crippen LogP contribution >= 0.6 is 0 Å². The van der Waals surface area contributed by atoms with Gasteiger partial charge < -0.3 is 30.4 Å². The zero-order valence-corrected chi connectivity index (χ0v) is 17.9. The maximum absolute atomic E-state index is 13.4. The van der Waals surface area contributed by atoms with Crippen molar-refractivity contribution in [1.29, 1.82) is 0 Å². The fourth-order valence-corrected chi connectivity index (χ4v) is 3.87. The van der Waals surface area contributed by atoms with Gasteiger partial charge >= 0.3 is 0 Å². The van der Waals surface area contributed by atoms with E-state index < -0.39 is 24.3 Å². The smallest absolute Gasteiger partial charge is 0.248 e. The zero-order chi connectivity index (χ0) is 21.8. The molecule has 5 atom stereocenters. The molecule has 0 radical (unpaired) electrons. The van der Waals surface area contributed by atoms with E-state index in [2.05, 4.69) is 20.6 Å². The number of likely N-dealkylation sites (N-methyl/N-ethyl adjacent to an activating group) is 1. The summed E-state index contributed by atoms with van der Waals surface area (Å²) in [6, 6.07) is 2.17. The van der Waals surface area contributed by atoms with Gasteiger partial charge in [0.2, 0.25) is 11.8 Å². The molecule has 0 aliphatic carbocycles. The molecule has 2 aromatic heterocycles. The lowest BCUT2D eigenvalue weighted by molar-refractivity contribution is -0.141. The summed E-state index contributed by atoms with van der Waals surface area (Å²) in [7, 11) is 3.19. The van der Waals surface area contributed by atoms with Crippen LogP contribution in [0.5, 0.6) is 0 Å². The molecule has 3 heterocycles. The number of amides is 2. The summed E-state index contributed by atoms with van der Waals surface area (Å²) in [4.78, 5) is 34.9. The Labute approximate surface area is 176 Å². The monoisotopic (exact) mass is 417 g/mol. The molecule has 9 heteroatoms. The maximum atomic E-state index is 13.4. The molecule has 1 saturated heterocycles. The van der Waals surface area contributed by atoms with Crippen LogP contribution in [0.3, 0.4) is 0 Å². The highest BCUT2D eigenvalue weighted by molar-refractivity contribution is 5.90. The first-order valence-corrected chi connectivity index (χ1v) is 10.3. The topological polar surface area (TPSA) is 120 Å². The summed E-state index contributed by atoms with van der Waals surface area (Å²) in [5.74, 6) is -0.528. The number of aliphatic hydroxyl groups excluding tert-OH is 1. The first kappa shape index (κ1) is 22.2. The van der Waals surface area contributed by atoms with Crippen molar-refractivity contribution in [1.82, 2.24) is 25.5 Å². The van der Waals surface area contributed by atoms with Crippen molar-refractivity contribution in [2.24, 2.45) is 0 Å². The molecule has 0 spiro atoms. The van der Waals surface area contributed by atoms with Gasteiger partial charge in [0.15, 0.2) is 0 Å². The van der Waals surface area contributed by atoms with E-state index >= 15 is 0 Å². The molecule has 0 bridgehead atoms. The largest absolute Gasteiger partial charge is 0.391 e. The van der Waals surface area contributed by atoms with Crippen LogP contribution in [0, 0.1) is 0 Å². The summed E-state index contributed by atoms with van der Waals surface area (Å²) in [5, 5.41) is 17.3. The van der Waals surface area contributed by atoms with E-state index in [1.54, 1.807) is 32.0 Å². The first-order valence-electron chi connectivity index (χ1n) is 10.3. The van der Waals surface area contributed by atoms with Gasteiger partial charge in [-0.25, -0.2) is 4.98 Å². The van der Waals surface area contributed by atoms with Crippen molar-refractivity contribution in [3.8, 4) is 0 Å². The molecule has 1 aliphatic rings. The number of aromatic amines is 1. The molecule has 2 unspecified atom stereocenters. The SMILES string of the molecule is CN[C@@H](C)C(=O)N[C@H](C(=O)N1CCC(O)[C@@H]1Cc1c[nH]c2ncccc12)C(C)OC. The molecule has 164 valence electrons. The van der Waals surface area contributed by atoms with Crippen molar-refractivity contribution < 1.29 is 19.4 Å². The van der Waals surface area contributed by atoms with Crippen molar-refractivity contribution in [2.45, 2.75) is 57.0 Å². The van der Waals surface area contributed by atoms with Crippen molar-refractivity contribution >= 4 is 22.8 Å². The molecule has 0 saturated carbocycles. The van der Waals surface area contributed by atoms with Crippen LogP contribution in [0.15, 0.2) is 24.5 Å². The second-order valence-electron chi connectivity index (χ2n) is 7.81. The first-order chi connectivity index (χ1) is 14.4. The van der Waals surface area contributed by atoms with E-state index in [0.717, 1.165) is 16.6 Å². The lowest BCUT2D eigenvalue weighted by Crippen LogP contribution is -2.58. The number of carbonyl (C=O) groups excluding carboxylic acids is 2. The van der Waals surface area contributed by atoms with E-state index in [9.17, 15) is 14.7 Å². The van der Waals surface area contributed by atoms with E-state index in [1.165, 1.54) is 7.11 Å². The third-order valence-corrected chi connectivity index (χ3v) is 5.99. The molecule has 1 aliphatic heterocycles. The van der Waals surface area contributed by atoms with Gasteiger partial charge in [-0.1, -0.05) is 0 Å².